The average molecular weight is 447 g/mol. The average Bonchev–Trinajstić information content (AvgIpc) is 3.19. The zero-order valence-corrected chi connectivity index (χ0v) is 16.5. The van der Waals surface area contributed by atoms with E-state index < -0.39 is 0 Å². The minimum Gasteiger partial charge on any atom is -0.370 e. The van der Waals surface area contributed by atoms with Crippen molar-refractivity contribution in [2.75, 3.05) is 5.32 Å². The van der Waals surface area contributed by atoms with Crippen LogP contribution in [0.3, 0.4) is 0 Å². The summed E-state index contributed by atoms with van der Waals surface area (Å²) in [7, 11) is 0. The lowest BCUT2D eigenvalue weighted by Crippen LogP contribution is -2.22. The number of hydrogen-bond donors (Lipinski definition) is 3. The van der Waals surface area contributed by atoms with Crippen LogP contribution < -0.4 is 11.1 Å². The highest BCUT2D eigenvalue weighted by Crippen LogP contribution is 2.24. The van der Waals surface area contributed by atoms with Gasteiger partial charge in [-0.15, -0.1) is 24.0 Å². The topological polar surface area (TPSA) is 79.1 Å². The predicted octanol–water partition coefficient (Wildman–Crippen LogP) is 3.90. The monoisotopic (exact) mass is 447 g/mol. The Labute approximate surface area is 164 Å². The fraction of sp³-hybridized carbons (Fsp3) is 0.263. The van der Waals surface area contributed by atoms with Crippen molar-refractivity contribution in [2.24, 2.45) is 10.7 Å². The molecule has 1 heterocycles. The second-order valence-corrected chi connectivity index (χ2v) is 6.32. The van der Waals surface area contributed by atoms with Gasteiger partial charge in [0.05, 0.1) is 11.0 Å². The van der Waals surface area contributed by atoms with Gasteiger partial charge in [0.15, 0.2) is 5.96 Å². The van der Waals surface area contributed by atoms with E-state index in [-0.39, 0.29) is 24.0 Å². The molecular formula is C19H22IN5. The number of nitrogens with one attached hydrogen (secondary N) is 2. The van der Waals surface area contributed by atoms with Crippen LogP contribution in [0.1, 0.15) is 28.9 Å². The van der Waals surface area contributed by atoms with Gasteiger partial charge in [-0.1, -0.05) is 18.2 Å². The zero-order chi connectivity index (χ0) is 16.5. The van der Waals surface area contributed by atoms with Crippen LogP contribution in [-0.4, -0.2) is 15.9 Å². The van der Waals surface area contributed by atoms with Crippen LogP contribution in [0.15, 0.2) is 41.4 Å². The maximum Gasteiger partial charge on any atom is 0.193 e. The smallest absolute Gasteiger partial charge is 0.193 e. The van der Waals surface area contributed by atoms with Gasteiger partial charge in [0.1, 0.15) is 12.4 Å². The van der Waals surface area contributed by atoms with Crippen molar-refractivity contribution in [1.29, 1.82) is 0 Å². The lowest BCUT2D eigenvalue weighted by molar-refractivity contribution is 0.912. The molecule has 0 aliphatic heterocycles. The molecule has 4 N–H and O–H groups in total. The first-order valence-corrected chi connectivity index (χ1v) is 8.32. The van der Waals surface area contributed by atoms with Gasteiger partial charge in [-0.25, -0.2) is 9.98 Å². The minimum absolute atomic E-state index is 0. The van der Waals surface area contributed by atoms with Gasteiger partial charge in [-0.05, 0) is 61.1 Å². The van der Waals surface area contributed by atoms with E-state index in [1.807, 2.05) is 12.1 Å². The van der Waals surface area contributed by atoms with E-state index in [9.17, 15) is 0 Å². The number of nitrogens with two attached hydrogens (primary N) is 1. The molecule has 0 saturated carbocycles. The number of para-hydroxylation sites is 1. The van der Waals surface area contributed by atoms with Crippen LogP contribution in [0.2, 0.25) is 0 Å². The number of aromatic amines is 1. The van der Waals surface area contributed by atoms with E-state index in [0.717, 1.165) is 34.5 Å². The number of aromatic nitrogens is 2. The summed E-state index contributed by atoms with van der Waals surface area (Å²) in [6.07, 6.45) is 3.58. The summed E-state index contributed by atoms with van der Waals surface area (Å²) in [5.74, 6) is 1.23. The highest BCUT2D eigenvalue weighted by atomic mass is 127. The van der Waals surface area contributed by atoms with Crippen LogP contribution in [0.4, 0.5) is 5.69 Å². The lowest BCUT2D eigenvalue weighted by Gasteiger charge is -2.07. The molecule has 1 aliphatic carbocycles. The van der Waals surface area contributed by atoms with E-state index >= 15 is 0 Å². The molecule has 25 heavy (non-hydrogen) atoms. The molecule has 0 unspecified atom stereocenters. The number of rotatable bonds is 3. The summed E-state index contributed by atoms with van der Waals surface area (Å²) in [6, 6.07) is 12.5. The summed E-state index contributed by atoms with van der Waals surface area (Å²) in [5.41, 5.74) is 13.1. The molecule has 5 nitrogen and oxygen atoms in total. The second-order valence-electron chi connectivity index (χ2n) is 6.32. The number of imidazole rings is 1. The zero-order valence-electron chi connectivity index (χ0n) is 14.2. The standard InChI is InChI=1S/C19H21N5.HI/c1-12-4-2-7-16-18(12)24-17(23-16)11-21-19(20)22-15-9-8-13-5-3-6-14(13)10-15;/h2,4,7-10H,3,5-6,11H2,1H3,(H,23,24)(H3,20,21,22);1H. The van der Waals surface area contributed by atoms with Crippen molar-refractivity contribution in [3.8, 4) is 0 Å². The highest BCUT2D eigenvalue weighted by molar-refractivity contribution is 14.0. The molecule has 3 aromatic rings. The van der Waals surface area contributed by atoms with Crippen molar-refractivity contribution < 1.29 is 0 Å². The fourth-order valence-corrected chi connectivity index (χ4v) is 3.30. The predicted molar refractivity (Wildman–Crippen MR) is 114 cm³/mol. The quantitative estimate of drug-likeness (QED) is 0.324. The SMILES string of the molecule is Cc1cccc2[nH]c(CN=C(N)Nc3ccc4c(c3)CCC4)nc12.I. The molecule has 0 bridgehead atoms. The van der Waals surface area contributed by atoms with Crippen molar-refractivity contribution >= 4 is 46.7 Å². The Morgan fingerprint density at radius 3 is 2.92 bits per heavy atom. The van der Waals surface area contributed by atoms with Crippen LogP contribution in [0.5, 0.6) is 0 Å². The Balaban J connectivity index is 0.00000182. The van der Waals surface area contributed by atoms with E-state index in [4.69, 9.17) is 5.73 Å². The molecule has 130 valence electrons. The molecule has 0 spiro atoms. The van der Waals surface area contributed by atoms with Crippen molar-refractivity contribution in [1.82, 2.24) is 9.97 Å². The van der Waals surface area contributed by atoms with E-state index in [0.29, 0.717) is 12.5 Å². The number of anilines is 1. The third-order valence-electron chi connectivity index (χ3n) is 4.53. The normalized spacial score (nSPS) is 13.6. The Hall–Kier alpha value is -2.09. The molecule has 0 fully saturated rings. The largest absolute Gasteiger partial charge is 0.370 e. The molecular weight excluding hydrogens is 425 g/mol. The van der Waals surface area contributed by atoms with E-state index in [2.05, 4.69) is 51.5 Å². The minimum atomic E-state index is 0. The number of H-pyrrole nitrogens is 1. The number of halogens is 1. The number of guanidine groups is 1. The summed E-state index contributed by atoms with van der Waals surface area (Å²) in [6.45, 7) is 2.48. The Morgan fingerprint density at radius 2 is 2.08 bits per heavy atom. The van der Waals surface area contributed by atoms with Gasteiger partial charge in [-0.2, -0.15) is 0 Å². The number of fused-ring (bicyclic) bond motifs is 2. The third-order valence-corrected chi connectivity index (χ3v) is 4.53. The van der Waals surface area contributed by atoms with E-state index in [1.54, 1.807) is 0 Å². The maximum atomic E-state index is 6.02. The number of aryl methyl sites for hydroxylation is 3. The lowest BCUT2D eigenvalue weighted by atomic mass is 10.1. The molecule has 1 aliphatic rings. The Kier molecular flexibility index (Phi) is 5.27. The summed E-state index contributed by atoms with van der Waals surface area (Å²) >= 11 is 0. The van der Waals surface area contributed by atoms with Gasteiger partial charge in [-0.3, -0.25) is 0 Å². The van der Waals surface area contributed by atoms with Crippen molar-refractivity contribution in [2.45, 2.75) is 32.7 Å². The first kappa shape index (κ1) is 17.7. The van der Waals surface area contributed by atoms with Crippen molar-refractivity contribution in [3.63, 3.8) is 0 Å². The number of hydrogen-bond acceptors (Lipinski definition) is 2. The van der Waals surface area contributed by atoms with Gasteiger partial charge in [0, 0.05) is 5.69 Å². The van der Waals surface area contributed by atoms with Gasteiger partial charge >= 0.3 is 0 Å². The van der Waals surface area contributed by atoms with Gasteiger partial charge in [0.2, 0.25) is 0 Å². The third kappa shape index (κ3) is 3.78. The molecule has 4 rings (SSSR count). The molecule has 0 atom stereocenters. The summed E-state index contributed by atoms with van der Waals surface area (Å²) in [5, 5.41) is 3.17. The summed E-state index contributed by atoms with van der Waals surface area (Å²) < 4.78 is 0. The first-order chi connectivity index (χ1) is 11.7. The molecule has 2 aromatic carbocycles. The van der Waals surface area contributed by atoms with Crippen LogP contribution in [0, 0.1) is 6.92 Å². The molecule has 6 heteroatoms. The maximum absolute atomic E-state index is 6.02. The second kappa shape index (κ2) is 7.43. The van der Waals surface area contributed by atoms with Crippen LogP contribution in [-0.2, 0) is 19.4 Å². The Bertz CT molecular complexity index is 929. The van der Waals surface area contributed by atoms with Gasteiger partial charge < -0.3 is 16.0 Å². The van der Waals surface area contributed by atoms with Gasteiger partial charge in [0.25, 0.3) is 0 Å². The van der Waals surface area contributed by atoms with E-state index in [1.165, 1.54) is 24.0 Å². The van der Waals surface area contributed by atoms with Crippen LogP contribution >= 0.6 is 24.0 Å². The number of benzene rings is 2. The first-order valence-electron chi connectivity index (χ1n) is 8.32. The fourth-order valence-electron chi connectivity index (χ4n) is 3.30. The van der Waals surface area contributed by atoms with Crippen LogP contribution in [0.25, 0.3) is 11.0 Å². The number of aliphatic imine (C=N–C) groups is 1. The molecule has 0 amide bonds. The molecule has 0 radical (unpaired) electrons. The number of nitrogens with zero attached hydrogens (tertiary/aromatic N) is 2. The summed E-state index contributed by atoms with van der Waals surface area (Å²) in [4.78, 5) is 12.3. The molecule has 1 aromatic heterocycles. The van der Waals surface area contributed by atoms with Crippen molar-refractivity contribution in [3.05, 3.63) is 58.9 Å². The Morgan fingerprint density at radius 1 is 1.24 bits per heavy atom. The molecule has 0 saturated heterocycles. The highest BCUT2D eigenvalue weighted by Gasteiger charge is 2.11.